The molecule has 0 spiro atoms. The Kier molecular flexibility index (Phi) is 4.22. The van der Waals surface area contributed by atoms with Crippen LogP contribution in [0.3, 0.4) is 0 Å². The maximum Gasteiger partial charge on any atom is 0.243 e. The lowest BCUT2D eigenvalue weighted by Crippen LogP contribution is -2.60. The molecule has 5 nitrogen and oxygen atoms in total. The minimum absolute atomic E-state index is 0.0215. The summed E-state index contributed by atoms with van der Waals surface area (Å²) >= 11 is 0. The van der Waals surface area contributed by atoms with E-state index in [0.717, 1.165) is 12.5 Å². The number of amides is 2. The number of carbonyl (C=O) groups is 2. The molecule has 1 aliphatic heterocycles. The predicted molar refractivity (Wildman–Crippen MR) is 68.9 cm³/mol. The standard InChI is InChI=1S/C13H23N3O2/c1-9(2)12-13(18)15-5-6-16(12)11(17)8-14-7-10-3-4-10/h9-10,12,14H,3-8H2,1-2H3,(H,15,18). The summed E-state index contributed by atoms with van der Waals surface area (Å²) in [6.07, 6.45) is 2.56. The van der Waals surface area contributed by atoms with Crippen molar-refractivity contribution in [2.75, 3.05) is 26.2 Å². The van der Waals surface area contributed by atoms with Crippen LogP contribution >= 0.6 is 0 Å². The Morgan fingerprint density at radius 3 is 2.83 bits per heavy atom. The molecule has 1 saturated carbocycles. The first-order valence-corrected chi connectivity index (χ1v) is 6.87. The zero-order valence-electron chi connectivity index (χ0n) is 11.2. The second-order valence-electron chi connectivity index (χ2n) is 5.64. The van der Waals surface area contributed by atoms with Crippen LogP contribution in [0.4, 0.5) is 0 Å². The van der Waals surface area contributed by atoms with Crippen LogP contribution in [-0.4, -0.2) is 48.9 Å². The minimum Gasteiger partial charge on any atom is -0.353 e. The van der Waals surface area contributed by atoms with Crippen molar-refractivity contribution in [2.24, 2.45) is 11.8 Å². The second kappa shape index (κ2) is 5.69. The Morgan fingerprint density at radius 1 is 1.50 bits per heavy atom. The fourth-order valence-corrected chi connectivity index (χ4v) is 2.43. The van der Waals surface area contributed by atoms with E-state index in [2.05, 4.69) is 10.6 Å². The van der Waals surface area contributed by atoms with Gasteiger partial charge in [-0.25, -0.2) is 0 Å². The van der Waals surface area contributed by atoms with E-state index in [1.54, 1.807) is 4.90 Å². The minimum atomic E-state index is -0.311. The van der Waals surface area contributed by atoms with Gasteiger partial charge in [-0.15, -0.1) is 0 Å². The van der Waals surface area contributed by atoms with E-state index in [0.29, 0.717) is 19.6 Å². The van der Waals surface area contributed by atoms with E-state index in [4.69, 9.17) is 0 Å². The molecule has 5 heteroatoms. The monoisotopic (exact) mass is 253 g/mol. The number of carbonyl (C=O) groups excluding carboxylic acids is 2. The molecular formula is C13H23N3O2. The van der Waals surface area contributed by atoms with Crippen LogP contribution in [0.15, 0.2) is 0 Å². The first kappa shape index (κ1) is 13.3. The fourth-order valence-electron chi connectivity index (χ4n) is 2.43. The number of nitrogens with zero attached hydrogens (tertiary/aromatic N) is 1. The molecule has 1 unspecified atom stereocenters. The molecule has 0 aromatic carbocycles. The highest BCUT2D eigenvalue weighted by Gasteiger charge is 2.34. The average molecular weight is 253 g/mol. The van der Waals surface area contributed by atoms with Gasteiger partial charge in [-0.05, 0) is 31.2 Å². The zero-order valence-corrected chi connectivity index (χ0v) is 11.2. The fraction of sp³-hybridized carbons (Fsp3) is 0.846. The van der Waals surface area contributed by atoms with Gasteiger partial charge in [0.2, 0.25) is 11.8 Å². The Labute approximate surface area is 108 Å². The van der Waals surface area contributed by atoms with E-state index >= 15 is 0 Å². The summed E-state index contributed by atoms with van der Waals surface area (Å²) in [5.41, 5.74) is 0. The molecule has 1 saturated heterocycles. The maximum absolute atomic E-state index is 12.1. The largest absolute Gasteiger partial charge is 0.353 e. The topological polar surface area (TPSA) is 61.4 Å². The Hall–Kier alpha value is -1.10. The molecule has 1 atom stereocenters. The average Bonchev–Trinajstić information content (AvgIpc) is 3.12. The van der Waals surface area contributed by atoms with Crippen molar-refractivity contribution in [1.29, 1.82) is 0 Å². The third kappa shape index (κ3) is 3.22. The number of rotatable bonds is 5. The molecule has 102 valence electrons. The lowest BCUT2D eigenvalue weighted by atomic mass is 9.99. The van der Waals surface area contributed by atoms with Gasteiger partial charge in [0.05, 0.1) is 6.54 Å². The molecule has 2 rings (SSSR count). The van der Waals surface area contributed by atoms with Gasteiger partial charge in [0.1, 0.15) is 6.04 Å². The van der Waals surface area contributed by atoms with Gasteiger partial charge < -0.3 is 15.5 Å². The lowest BCUT2D eigenvalue weighted by Gasteiger charge is -2.37. The summed E-state index contributed by atoms with van der Waals surface area (Å²) in [4.78, 5) is 25.7. The van der Waals surface area contributed by atoms with Gasteiger partial charge in [-0.2, -0.15) is 0 Å². The molecule has 1 aliphatic carbocycles. The Balaban J connectivity index is 1.86. The van der Waals surface area contributed by atoms with Crippen molar-refractivity contribution in [3.8, 4) is 0 Å². The molecular weight excluding hydrogens is 230 g/mol. The van der Waals surface area contributed by atoms with Gasteiger partial charge in [0, 0.05) is 13.1 Å². The summed E-state index contributed by atoms with van der Waals surface area (Å²) in [6.45, 7) is 6.43. The van der Waals surface area contributed by atoms with Crippen LogP contribution in [-0.2, 0) is 9.59 Å². The van der Waals surface area contributed by atoms with Crippen molar-refractivity contribution in [3.05, 3.63) is 0 Å². The number of piperazine rings is 1. The van der Waals surface area contributed by atoms with Crippen LogP contribution in [0.1, 0.15) is 26.7 Å². The summed E-state index contributed by atoms with van der Waals surface area (Å²) in [5.74, 6) is 0.942. The smallest absolute Gasteiger partial charge is 0.243 e. The first-order chi connectivity index (χ1) is 8.59. The van der Waals surface area contributed by atoms with Crippen molar-refractivity contribution in [2.45, 2.75) is 32.7 Å². The predicted octanol–water partition coefficient (Wildman–Crippen LogP) is -0.0310. The van der Waals surface area contributed by atoms with Gasteiger partial charge >= 0.3 is 0 Å². The molecule has 0 aromatic rings. The molecule has 18 heavy (non-hydrogen) atoms. The van der Waals surface area contributed by atoms with Gasteiger partial charge in [-0.3, -0.25) is 9.59 Å². The summed E-state index contributed by atoms with van der Waals surface area (Å²) in [7, 11) is 0. The highest BCUT2D eigenvalue weighted by atomic mass is 16.2. The Morgan fingerprint density at radius 2 is 2.22 bits per heavy atom. The van der Waals surface area contributed by atoms with Crippen LogP contribution in [0.5, 0.6) is 0 Å². The Bertz CT molecular complexity index is 326. The summed E-state index contributed by atoms with van der Waals surface area (Å²) in [5, 5.41) is 6.03. The van der Waals surface area contributed by atoms with E-state index in [1.165, 1.54) is 12.8 Å². The van der Waals surface area contributed by atoms with Crippen LogP contribution in [0.2, 0.25) is 0 Å². The van der Waals surface area contributed by atoms with E-state index in [-0.39, 0.29) is 23.8 Å². The van der Waals surface area contributed by atoms with Crippen molar-refractivity contribution in [3.63, 3.8) is 0 Å². The van der Waals surface area contributed by atoms with Crippen LogP contribution in [0, 0.1) is 11.8 Å². The molecule has 2 amide bonds. The van der Waals surface area contributed by atoms with Gasteiger partial charge in [0.25, 0.3) is 0 Å². The molecule has 2 fully saturated rings. The normalized spacial score (nSPS) is 24.3. The number of hydrogen-bond acceptors (Lipinski definition) is 3. The number of nitrogens with one attached hydrogen (secondary N) is 2. The molecule has 2 aliphatic rings. The van der Waals surface area contributed by atoms with E-state index < -0.39 is 0 Å². The zero-order chi connectivity index (χ0) is 13.1. The molecule has 1 heterocycles. The van der Waals surface area contributed by atoms with Crippen molar-refractivity contribution in [1.82, 2.24) is 15.5 Å². The van der Waals surface area contributed by atoms with Gasteiger partial charge in [0.15, 0.2) is 0 Å². The second-order valence-corrected chi connectivity index (χ2v) is 5.64. The number of hydrogen-bond donors (Lipinski definition) is 2. The SMILES string of the molecule is CC(C)C1C(=O)NCCN1C(=O)CNCC1CC1. The third-order valence-corrected chi connectivity index (χ3v) is 3.61. The third-order valence-electron chi connectivity index (χ3n) is 3.61. The maximum atomic E-state index is 12.1. The molecule has 0 aromatic heterocycles. The van der Waals surface area contributed by atoms with E-state index in [1.807, 2.05) is 13.8 Å². The summed E-state index contributed by atoms with van der Waals surface area (Å²) in [6, 6.07) is -0.311. The van der Waals surface area contributed by atoms with Gasteiger partial charge in [-0.1, -0.05) is 13.8 Å². The molecule has 0 bridgehead atoms. The van der Waals surface area contributed by atoms with Crippen LogP contribution < -0.4 is 10.6 Å². The van der Waals surface area contributed by atoms with Crippen molar-refractivity contribution >= 4 is 11.8 Å². The summed E-state index contributed by atoms with van der Waals surface area (Å²) < 4.78 is 0. The van der Waals surface area contributed by atoms with Crippen LogP contribution in [0.25, 0.3) is 0 Å². The van der Waals surface area contributed by atoms with E-state index in [9.17, 15) is 9.59 Å². The molecule has 0 radical (unpaired) electrons. The lowest BCUT2D eigenvalue weighted by molar-refractivity contribution is -0.144. The first-order valence-electron chi connectivity index (χ1n) is 6.87. The quantitative estimate of drug-likeness (QED) is 0.723. The van der Waals surface area contributed by atoms with Crippen molar-refractivity contribution < 1.29 is 9.59 Å². The highest BCUT2D eigenvalue weighted by Crippen LogP contribution is 2.27. The molecule has 2 N–H and O–H groups in total. The highest BCUT2D eigenvalue weighted by molar-refractivity contribution is 5.89.